The van der Waals surface area contributed by atoms with Crippen LogP contribution in [0.5, 0.6) is 0 Å². The lowest BCUT2D eigenvalue weighted by Crippen LogP contribution is -2.33. The third-order valence-electron chi connectivity index (χ3n) is 6.76. The van der Waals surface area contributed by atoms with Crippen molar-refractivity contribution in [3.05, 3.63) is 0 Å². The number of amides is 1. The molecule has 0 radical (unpaired) electrons. The second-order valence-electron chi connectivity index (χ2n) is 9.55. The molecule has 0 spiro atoms. The van der Waals surface area contributed by atoms with Crippen LogP contribution in [-0.4, -0.2) is 25.0 Å². The average Bonchev–Trinajstić information content (AvgIpc) is 3.63. The Balaban J connectivity index is 1.26. The molecule has 2 aliphatic carbocycles. The summed E-state index contributed by atoms with van der Waals surface area (Å²) in [5.74, 6) is 0.286. The third-order valence-corrected chi connectivity index (χ3v) is 6.76. The number of unbranched alkanes of at least 4 members (excludes halogenated alkanes) is 13. The minimum atomic E-state index is -0.0758. The maximum atomic E-state index is 12.3. The largest absolute Gasteiger partial charge is 0.469 e. The zero-order valence-corrected chi connectivity index (χ0v) is 18.9. The fourth-order valence-electron chi connectivity index (χ4n) is 4.26. The van der Waals surface area contributed by atoms with Crippen LogP contribution < -0.4 is 5.32 Å². The van der Waals surface area contributed by atoms with E-state index >= 15 is 0 Å². The highest BCUT2D eigenvalue weighted by Gasteiger charge is 2.49. The fraction of sp³-hybridized carbons (Fsp3) is 0.920. The van der Waals surface area contributed by atoms with Gasteiger partial charge in [0.2, 0.25) is 5.91 Å². The molecule has 4 nitrogen and oxygen atoms in total. The molecule has 0 bridgehead atoms. The Morgan fingerprint density at radius 1 is 0.759 bits per heavy atom. The quantitative estimate of drug-likeness (QED) is 0.197. The van der Waals surface area contributed by atoms with Gasteiger partial charge in [-0.05, 0) is 38.5 Å². The zero-order chi connectivity index (χ0) is 20.8. The van der Waals surface area contributed by atoms with Gasteiger partial charge in [-0.2, -0.15) is 0 Å². The molecule has 0 saturated heterocycles. The maximum absolute atomic E-state index is 12.3. The predicted octanol–water partition coefficient (Wildman–Crippen LogP) is 6.46. The van der Waals surface area contributed by atoms with E-state index in [1.54, 1.807) is 0 Å². The van der Waals surface area contributed by atoms with Gasteiger partial charge in [-0.25, -0.2) is 0 Å². The Hall–Kier alpha value is -1.06. The van der Waals surface area contributed by atoms with Gasteiger partial charge in [-0.15, -0.1) is 0 Å². The molecule has 0 aromatic carbocycles. The van der Waals surface area contributed by atoms with Crippen molar-refractivity contribution in [3.63, 3.8) is 0 Å². The first-order valence-corrected chi connectivity index (χ1v) is 12.5. The molecular weight excluding hydrogens is 362 g/mol. The lowest BCUT2D eigenvalue weighted by molar-refractivity contribution is -0.140. The smallest absolute Gasteiger partial charge is 0.305 e. The van der Waals surface area contributed by atoms with Crippen molar-refractivity contribution in [2.24, 2.45) is 5.41 Å². The van der Waals surface area contributed by atoms with Gasteiger partial charge in [-0.1, -0.05) is 83.5 Å². The number of hydrogen-bond donors (Lipinski definition) is 1. The van der Waals surface area contributed by atoms with E-state index in [1.165, 1.54) is 97.0 Å². The van der Waals surface area contributed by atoms with Crippen molar-refractivity contribution in [1.29, 1.82) is 0 Å². The van der Waals surface area contributed by atoms with Gasteiger partial charge in [0, 0.05) is 17.9 Å². The molecule has 2 rings (SSSR count). The number of hydrogen-bond acceptors (Lipinski definition) is 3. The number of methoxy groups -OCH3 is 1. The summed E-state index contributed by atoms with van der Waals surface area (Å²) in [7, 11) is 1.46. The first-order valence-electron chi connectivity index (χ1n) is 12.5. The molecule has 0 aromatic heterocycles. The SMILES string of the molecule is COC(=O)CCCCCCCCCCCCCCCCC1(C(=O)NC2CC2)CC1. The fourth-order valence-corrected chi connectivity index (χ4v) is 4.26. The highest BCUT2D eigenvalue weighted by atomic mass is 16.5. The monoisotopic (exact) mass is 407 g/mol. The Morgan fingerprint density at radius 3 is 1.62 bits per heavy atom. The Bertz CT molecular complexity index is 469. The Morgan fingerprint density at radius 2 is 1.21 bits per heavy atom. The van der Waals surface area contributed by atoms with Gasteiger partial charge in [0.25, 0.3) is 0 Å². The number of carbonyl (C=O) groups excluding carboxylic acids is 2. The summed E-state index contributed by atoms with van der Waals surface area (Å²) in [6.45, 7) is 0. The maximum Gasteiger partial charge on any atom is 0.305 e. The van der Waals surface area contributed by atoms with Crippen LogP contribution in [0.1, 0.15) is 128 Å². The minimum absolute atomic E-state index is 0.0456. The highest BCUT2D eigenvalue weighted by molar-refractivity contribution is 5.85. The van der Waals surface area contributed by atoms with E-state index in [-0.39, 0.29) is 11.4 Å². The van der Waals surface area contributed by atoms with E-state index in [1.807, 2.05) is 0 Å². The van der Waals surface area contributed by atoms with Crippen LogP contribution in [0.2, 0.25) is 0 Å². The molecule has 29 heavy (non-hydrogen) atoms. The van der Waals surface area contributed by atoms with Gasteiger partial charge in [0.1, 0.15) is 0 Å². The molecule has 168 valence electrons. The third kappa shape index (κ3) is 11.1. The lowest BCUT2D eigenvalue weighted by atomic mass is 9.96. The van der Waals surface area contributed by atoms with Crippen LogP contribution in [0.4, 0.5) is 0 Å². The molecule has 2 aliphatic rings. The summed E-state index contributed by atoms with van der Waals surface area (Å²) in [4.78, 5) is 23.3. The molecule has 4 heteroatoms. The topological polar surface area (TPSA) is 55.4 Å². The summed E-state index contributed by atoms with van der Waals surface area (Å²) >= 11 is 0. The molecule has 0 aromatic rings. The number of ether oxygens (including phenoxy) is 1. The van der Waals surface area contributed by atoms with E-state index in [4.69, 9.17) is 0 Å². The lowest BCUT2D eigenvalue weighted by Gasteiger charge is -2.14. The van der Waals surface area contributed by atoms with E-state index in [2.05, 4.69) is 10.1 Å². The van der Waals surface area contributed by atoms with Crippen molar-refractivity contribution in [3.8, 4) is 0 Å². The van der Waals surface area contributed by atoms with Crippen LogP contribution in [-0.2, 0) is 14.3 Å². The van der Waals surface area contributed by atoms with E-state index in [0.29, 0.717) is 18.4 Å². The van der Waals surface area contributed by atoms with E-state index in [0.717, 1.165) is 32.1 Å². The summed E-state index contributed by atoms with van der Waals surface area (Å²) in [5.41, 5.74) is 0.0456. The second kappa shape index (κ2) is 14.0. The molecule has 2 fully saturated rings. The normalized spacial score (nSPS) is 17.1. The van der Waals surface area contributed by atoms with Crippen molar-refractivity contribution >= 4 is 11.9 Å². The summed E-state index contributed by atoms with van der Waals surface area (Å²) in [5, 5.41) is 3.21. The van der Waals surface area contributed by atoms with Crippen LogP contribution in [0.25, 0.3) is 0 Å². The number of rotatable bonds is 19. The second-order valence-corrected chi connectivity index (χ2v) is 9.55. The predicted molar refractivity (Wildman–Crippen MR) is 119 cm³/mol. The number of nitrogens with one attached hydrogen (secondary N) is 1. The van der Waals surface area contributed by atoms with Crippen molar-refractivity contribution in [2.75, 3.05) is 7.11 Å². The first-order chi connectivity index (χ1) is 14.2. The highest BCUT2D eigenvalue weighted by Crippen LogP contribution is 2.50. The standard InChI is InChI=1S/C25H45NO3/c1-29-23(27)16-14-12-10-8-6-4-2-3-5-7-9-11-13-15-19-25(20-21-25)24(28)26-22-17-18-22/h22H,2-21H2,1H3,(H,26,28). The van der Waals surface area contributed by atoms with Crippen molar-refractivity contribution < 1.29 is 14.3 Å². The van der Waals surface area contributed by atoms with Gasteiger partial charge < -0.3 is 10.1 Å². The molecule has 0 heterocycles. The summed E-state index contributed by atoms with van der Waals surface area (Å²) in [6.07, 6.45) is 24.5. The van der Waals surface area contributed by atoms with Gasteiger partial charge >= 0.3 is 5.97 Å². The molecule has 0 unspecified atom stereocenters. The summed E-state index contributed by atoms with van der Waals surface area (Å²) in [6, 6.07) is 0.512. The zero-order valence-electron chi connectivity index (χ0n) is 18.9. The van der Waals surface area contributed by atoms with E-state index < -0.39 is 0 Å². The van der Waals surface area contributed by atoms with Gasteiger partial charge in [-0.3, -0.25) is 9.59 Å². The first kappa shape index (κ1) is 24.2. The molecule has 2 saturated carbocycles. The molecule has 0 atom stereocenters. The molecule has 1 amide bonds. The average molecular weight is 408 g/mol. The minimum Gasteiger partial charge on any atom is -0.469 e. The van der Waals surface area contributed by atoms with Gasteiger partial charge in [0.15, 0.2) is 0 Å². The number of carbonyl (C=O) groups is 2. The molecule has 1 N–H and O–H groups in total. The van der Waals surface area contributed by atoms with E-state index in [9.17, 15) is 9.59 Å². The van der Waals surface area contributed by atoms with Crippen LogP contribution in [0.3, 0.4) is 0 Å². The molecular formula is C25H45NO3. The van der Waals surface area contributed by atoms with Crippen LogP contribution in [0.15, 0.2) is 0 Å². The van der Waals surface area contributed by atoms with Crippen molar-refractivity contribution in [2.45, 2.75) is 134 Å². The Kier molecular flexibility index (Phi) is 11.7. The summed E-state index contributed by atoms with van der Waals surface area (Å²) < 4.78 is 4.65. The van der Waals surface area contributed by atoms with Crippen LogP contribution >= 0.6 is 0 Å². The number of esters is 1. The van der Waals surface area contributed by atoms with Gasteiger partial charge in [0.05, 0.1) is 7.11 Å². The van der Waals surface area contributed by atoms with Crippen LogP contribution in [0, 0.1) is 5.41 Å². The van der Waals surface area contributed by atoms with Crippen molar-refractivity contribution in [1.82, 2.24) is 5.32 Å². The molecule has 0 aliphatic heterocycles. The Labute approximate surface area is 178 Å².